The van der Waals surface area contributed by atoms with Crippen molar-refractivity contribution in [1.29, 1.82) is 0 Å². The van der Waals surface area contributed by atoms with Crippen LogP contribution in [-0.4, -0.2) is 52.3 Å². The summed E-state index contributed by atoms with van der Waals surface area (Å²) in [5.74, 6) is 2.07. The summed E-state index contributed by atoms with van der Waals surface area (Å²) in [7, 11) is 0. The van der Waals surface area contributed by atoms with E-state index >= 15 is 0 Å². The first-order valence-corrected chi connectivity index (χ1v) is 8.28. The molecule has 8 nitrogen and oxygen atoms in total. The molecule has 3 fully saturated rings. The fourth-order valence-electron chi connectivity index (χ4n) is 3.77. The van der Waals surface area contributed by atoms with Crippen molar-refractivity contribution in [1.82, 2.24) is 20.1 Å². The highest BCUT2D eigenvalue weighted by Gasteiger charge is 2.57. The highest BCUT2D eigenvalue weighted by Crippen LogP contribution is 2.46. The standard InChI is InChI=1S/C16H18N4O4/c1-9-12(23-8-17-9)14(21)20-4-11-5-22-7-16(11,6-20)15-19-18-13(24-15)10-2-3-10/h8,10-11H,2-7H2,1H3/t11-,16-/m0/s1. The lowest BCUT2D eigenvalue weighted by Crippen LogP contribution is -2.37. The van der Waals surface area contributed by atoms with E-state index in [1.54, 1.807) is 11.8 Å². The summed E-state index contributed by atoms with van der Waals surface area (Å²) in [5.41, 5.74) is 0.208. The molecule has 3 aliphatic rings. The van der Waals surface area contributed by atoms with E-state index in [0.29, 0.717) is 49.6 Å². The summed E-state index contributed by atoms with van der Waals surface area (Å²) in [6, 6.07) is 0. The highest BCUT2D eigenvalue weighted by molar-refractivity contribution is 5.92. The largest absolute Gasteiger partial charge is 0.438 e. The van der Waals surface area contributed by atoms with Crippen molar-refractivity contribution in [2.75, 3.05) is 26.3 Å². The van der Waals surface area contributed by atoms with Crippen molar-refractivity contribution >= 4 is 5.91 Å². The maximum atomic E-state index is 12.7. The minimum atomic E-state index is -0.399. The van der Waals surface area contributed by atoms with E-state index in [1.165, 1.54) is 6.39 Å². The van der Waals surface area contributed by atoms with Crippen LogP contribution in [0.4, 0.5) is 0 Å². The number of oxazole rings is 1. The molecule has 0 unspecified atom stereocenters. The van der Waals surface area contributed by atoms with Crippen LogP contribution in [0.2, 0.25) is 0 Å². The van der Waals surface area contributed by atoms with Gasteiger partial charge in [0.1, 0.15) is 0 Å². The second-order valence-electron chi connectivity index (χ2n) is 7.04. The molecule has 8 heteroatoms. The van der Waals surface area contributed by atoms with Crippen molar-refractivity contribution < 1.29 is 18.4 Å². The van der Waals surface area contributed by atoms with E-state index < -0.39 is 5.41 Å². The number of hydrogen-bond donors (Lipinski definition) is 0. The number of aromatic nitrogens is 3. The third kappa shape index (κ3) is 1.95. The van der Waals surface area contributed by atoms with E-state index in [-0.39, 0.29) is 11.8 Å². The van der Waals surface area contributed by atoms with Gasteiger partial charge in [-0.2, -0.15) is 0 Å². The SMILES string of the molecule is Cc1ncoc1C(=O)N1C[C@H]2COC[C@@]2(c2nnc(C3CC3)o2)C1. The Hall–Kier alpha value is -2.22. The van der Waals surface area contributed by atoms with Gasteiger partial charge in [-0.3, -0.25) is 4.79 Å². The van der Waals surface area contributed by atoms with Gasteiger partial charge < -0.3 is 18.5 Å². The third-order valence-electron chi connectivity index (χ3n) is 5.39. The van der Waals surface area contributed by atoms with Gasteiger partial charge in [0.15, 0.2) is 6.39 Å². The van der Waals surface area contributed by atoms with Gasteiger partial charge >= 0.3 is 0 Å². The summed E-state index contributed by atoms with van der Waals surface area (Å²) in [4.78, 5) is 18.5. The Bertz CT molecular complexity index is 796. The summed E-state index contributed by atoms with van der Waals surface area (Å²) < 4.78 is 16.9. The fraction of sp³-hybridized carbons (Fsp3) is 0.625. The lowest BCUT2D eigenvalue weighted by Gasteiger charge is -2.22. The predicted octanol–water partition coefficient (Wildman–Crippen LogP) is 1.28. The zero-order valence-electron chi connectivity index (χ0n) is 13.4. The quantitative estimate of drug-likeness (QED) is 0.836. The monoisotopic (exact) mass is 330 g/mol. The van der Waals surface area contributed by atoms with Crippen molar-refractivity contribution in [2.45, 2.75) is 31.1 Å². The molecule has 0 N–H and O–H groups in total. The zero-order chi connectivity index (χ0) is 16.3. The van der Waals surface area contributed by atoms with E-state index in [4.69, 9.17) is 13.6 Å². The third-order valence-corrected chi connectivity index (χ3v) is 5.39. The Morgan fingerprint density at radius 3 is 3.00 bits per heavy atom. The molecule has 0 bridgehead atoms. The molecule has 24 heavy (non-hydrogen) atoms. The number of aryl methyl sites for hydroxylation is 1. The van der Waals surface area contributed by atoms with Crippen LogP contribution < -0.4 is 0 Å². The van der Waals surface area contributed by atoms with Crippen LogP contribution in [-0.2, 0) is 10.2 Å². The molecule has 1 saturated carbocycles. The van der Waals surface area contributed by atoms with Crippen LogP contribution in [0.15, 0.2) is 15.2 Å². The summed E-state index contributed by atoms with van der Waals surface area (Å²) in [6.07, 6.45) is 3.53. The number of ether oxygens (including phenoxy) is 1. The molecule has 0 aromatic carbocycles. The van der Waals surface area contributed by atoms with Gasteiger partial charge in [-0.15, -0.1) is 10.2 Å². The second kappa shape index (κ2) is 4.89. The number of amides is 1. The van der Waals surface area contributed by atoms with Gasteiger partial charge in [0, 0.05) is 24.9 Å². The van der Waals surface area contributed by atoms with E-state index in [2.05, 4.69) is 15.2 Å². The van der Waals surface area contributed by atoms with Gasteiger partial charge in [0.25, 0.3) is 5.91 Å². The van der Waals surface area contributed by atoms with Crippen LogP contribution in [0.5, 0.6) is 0 Å². The average Bonchev–Trinajstić information content (AvgIpc) is 2.97. The van der Waals surface area contributed by atoms with Crippen molar-refractivity contribution in [2.24, 2.45) is 5.92 Å². The molecular weight excluding hydrogens is 312 g/mol. The van der Waals surface area contributed by atoms with Gasteiger partial charge in [-0.05, 0) is 19.8 Å². The number of rotatable bonds is 3. The van der Waals surface area contributed by atoms with Crippen LogP contribution in [0.3, 0.4) is 0 Å². The molecule has 0 spiro atoms. The Balaban J connectivity index is 1.45. The lowest BCUT2D eigenvalue weighted by molar-refractivity contribution is 0.0706. The van der Waals surface area contributed by atoms with Gasteiger partial charge in [-0.25, -0.2) is 4.98 Å². The van der Waals surface area contributed by atoms with Crippen LogP contribution in [0.25, 0.3) is 0 Å². The van der Waals surface area contributed by atoms with E-state index in [1.807, 2.05) is 0 Å². The van der Waals surface area contributed by atoms with Gasteiger partial charge in [0.2, 0.25) is 17.5 Å². The minimum absolute atomic E-state index is 0.138. The Morgan fingerprint density at radius 1 is 1.38 bits per heavy atom. The average molecular weight is 330 g/mol. The number of fused-ring (bicyclic) bond motifs is 1. The molecule has 1 aliphatic carbocycles. The first-order chi connectivity index (χ1) is 11.7. The topological polar surface area (TPSA) is 94.5 Å². The molecular formula is C16H18N4O4. The Labute approximate surface area is 138 Å². The molecule has 2 atom stereocenters. The predicted molar refractivity (Wildman–Crippen MR) is 79.4 cm³/mol. The fourth-order valence-corrected chi connectivity index (χ4v) is 3.77. The maximum absolute atomic E-state index is 12.7. The van der Waals surface area contributed by atoms with Gasteiger partial charge in [-0.1, -0.05) is 0 Å². The molecule has 4 heterocycles. The number of carbonyl (C=O) groups excluding carboxylic acids is 1. The Morgan fingerprint density at radius 2 is 2.25 bits per heavy atom. The van der Waals surface area contributed by atoms with Crippen LogP contribution >= 0.6 is 0 Å². The minimum Gasteiger partial charge on any atom is -0.438 e. The number of likely N-dealkylation sites (tertiary alicyclic amines) is 1. The van der Waals surface area contributed by atoms with Crippen molar-refractivity contribution in [3.05, 3.63) is 29.6 Å². The molecule has 0 radical (unpaired) electrons. The second-order valence-corrected chi connectivity index (χ2v) is 7.04. The molecule has 2 aromatic rings. The number of hydrogen-bond acceptors (Lipinski definition) is 7. The normalized spacial score (nSPS) is 29.2. The molecule has 1 amide bonds. The van der Waals surface area contributed by atoms with Crippen LogP contribution in [0.1, 0.15) is 46.8 Å². The molecule has 2 saturated heterocycles. The zero-order valence-corrected chi connectivity index (χ0v) is 13.4. The van der Waals surface area contributed by atoms with Crippen LogP contribution in [0, 0.1) is 12.8 Å². The highest BCUT2D eigenvalue weighted by atomic mass is 16.5. The molecule has 5 rings (SSSR count). The summed E-state index contributed by atoms with van der Waals surface area (Å²) >= 11 is 0. The number of nitrogens with zero attached hydrogens (tertiary/aromatic N) is 4. The first kappa shape index (κ1) is 14.2. The lowest BCUT2D eigenvalue weighted by atomic mass is 9.81. The van der Waals surface area contributed by atoms with Crippen molar-refractivity contribution in [3.8, 4) is 0 Å². The molecule has 126 valence electrons. The van der Waals surface area contributed by atoms with E-state index in [9.17, 15) is 4.79 Å². The maximum Gasteiger partial charge on any atom is 0.291 e. The first-order valence-electron chi connectivity index (χ1n) is 8.28. The number of carbonyl (C=O) groups is 1. The van der Waals surface area contributed by atoms with Crippen molar-refractivity contribution in [3.63, 3.8) is 0 Å². The Kier molecular flexibility index (Phi) is 2.88. The molecule has 2 aromatic heterocycles. The van der Waals surface area contributed by atoms with Gasteiger partial charge in [0.05, 0.1) is 24.3 Å². The van der Waals surface area contributed by atoms with E-state index in [0.717, 1.165) is 18.7 Å². The molecule has 2 aliphatic heterocycles. The summed E-state index contributed by atoms with van der Waals surface area (Å²) in [5, 5.41) is 8.50. The smallest absolute Gasteiger partial charge is 0.291 e. The summed E-state index contributed by atoms with van der Waals surface area (Å²) in [6.45, 7) is 3.97.